The number of halogens is 1. The number of hydrogen-bond acceptors (Lipinski definition) is 1. The fourth-order valence-electron chi connectivity index (χ4n) is 1.52. The van der Waals surface area contributed by atoms with Gasteiger partial charge in [0.15, 0.2) is 0 Å². The van der Waals surface area contributed by atoms with Crippen LogP contribution in [0.15, 0.2) is 18.2 Å². The van der Waals surface area contributed by atoms with E-state index in [2.05, 4.69) is 20.8 Å². The molecule has 1 nitrogen and oxygen atoms in total. The van der Waals surface area contributed by atoms with E-state index in [4.69, 9.17) is 4.74 Å². The standard InChI is InChI=1S/C13H19FO/c1-5-13(3,4)11-8-7-10(14)9-12(11)15-6-2/h7-9H,5-6H2,1-4H3. The number of ether oxygens (including phenoxy) is 1. The summed E-state index contributed by atoms with van der Waals surface area (Å²) < 4.78 is 18.5. The largest absolute Gasteiger partial charge is 0.493 e. The lowest BCUT2D eigenvalue weighted by molar-refractivity contribution is 0.324. The third kappa shape index (κ3) is 2.71. The van der Waals surface area contributed by atoms with E-state index in [0.717, 1.165) is 12.0 Å². The third-order valence-corrected chi connectivity index (χ3v) is 2.86. The quantitative estimate of drug-likeness (QED) is 0.732. The first kappa shape index (κ1) is 12.0. The van der Waals surface area contributed by atoms with Gasteiger partial charge in [-0.05, 0) is 30.4 Å². The van der Waals surface area contributed by atoms with E-state index in [-0.39, 0.29) is 11.2 Å². The van der Waals surface area contributed by atoms with Crippen molar-refractivity contribution in [2.75, 3.05) is 6.61 Å². The maximum atomic E-state index is 13.1. The summed E-state index contributed by atoms with van der Waals surface area (Å²) in [6.07, 6.45) is 0.999. The molecule has 2 heteroatoms. The second-order valence-electron chi connectivity index (χ2n) is 4.31. The average molecular weight is 210 g/mol. The zero-order valence-corrected chi connectivity index (χ0v) is 9.93. The Morgan fingerprint density at radius 1 is 1.27 bits per heavy atom. The van der Waals surface area contributed by atoms with Crippen LogP contribution in [-0.2, 0) is 5.41 Å². The lowest BCUT2D eigenvalue weighted by atomic mass is 9.82. The molecule has 0 aliphatic carbocycles. The van der Waals surface area contributed by atoms with E-state index >= 15 is 0 Å². The van der Waals surface area contributed by atoms with Gasteiger partial charge in [0.25, 0.3) is 0 Å². The fraction of sp³-hybridized carbons (Fsp3) is 0.538. The van der Waals surface area contributed by atoms with Gasteiger partial charge in [0.2, 0.25) is 0 Å². The highest BCUT2D eigenvalue weighted by Gasteiger charge is 2.22. The predicted octanol–water partition coefficient (Wildman–Crippen LogP) is 3.91. The van der Waals surface area contributed by atoms with Crippen molar-refractivity contribution < 1.29 is 9.13 Å². The summed E-state index contributed by atoms with van der Waals surface area (Å²) >= 11 is 0. The molecule has 1 aromatic rings. The van der Waals surface area contributed by atoms with Crippen LogP contribution in [0, 0.1) is 5.82 Å². The Kier molecular flexibility index (Phi) is 3.72. The monoisotopic (exact) mass is 210 g/mol. The van der Waals surface area contributed by atoms with Crippen molar-refractivity contribution >= 4 is 0 Å². The lowest BCUT2D eigenvalue weighted by Gasteiger charge is -2.25. The Morgan fingerprint density at radius 2 is 1.93 bits per heavy atom. The predicted molar refractivity (Wildman–Crippen MR) is 60.9 cm³/mol. The van der Waals surface area contributed by atoms with Crippen molar-refractivity contribution in [3.05, 3.63) is 29.6 Å². The molecule has 0 atom stereocenters. The molecule has 0 aromatic heterocycles. The van der Waals surface area contributed by atoms with Crippen molar-refractivity contribution in [2.24, 2.45) is 0 Å². The summed E-state index contributed by atoms with van der Waals surface area (Å²) in [4.78, 5) is 0. The summed E-state index contributed by atoms with van der Waals surface area (Å²) in [7, 11) is 0. The Hall–Kier alpha value is -1.05. The van der Waals surface area contributed by atoms with Crippen molar-refractivity contribution in [1.29, 1.82) is 0 Å². The molecular weight excluding hydrogens is 191 g/mol. The Morgan fingerprint density at radius 3 is 2.47 bits per heavy atom. The SMILES string of the molecule is CCOc1cc(F)ccc1C(C)(C)CC. The minimum atomic E-state index is -0.242. The second-order valence-corrected chi connectivity index (χ2v) is 4.31. The van der Waals surface area contributed by atoms with Gasteiger partial charge in [-0.2, -0.15) is 0 Å². The minimum absolute atomic E-state index is 0.0260. The minimum Gasteiger partial charge on any atom is -0.493 e. The van der Waals surface area contributed by atoms with Crippen LogP contribution in [-0.4, -0.2) is 6.61 Å². The van der Waals surface area contributed by atoms with E-state index in [1.54, 1.807) is 0 Å². The highest BCUT2D eigenvalue weighted by atomic mass is 19.1. The molecule has 0 aliphatic rings. The van der Waals surface area contributed by atoms with Crippen molar-refractivity contribution in [1.82, 2.24) is 0 Å². The highest BCUT2D eigenvalue weighted by Crippen LogP contribution is 2.34. The normalized spacial score (nSPS) is 11.5. The summed E-state index contributed by atoms with van der Waals surface area (Å²) in [6, 6.07) is 4.79. The van der Waals surface area contributed by atoms with Gasteiger partial charge in [-0.25, -0.2) is 4.39 Å². The van der Waals surface area contributed by atoms with Crippen molar-refractivity contribution in [2.45, 2.75) is 39.5 Å². The van der Waals surface area contributed by atoms with E-state index < -0.39 is 0 Å². The first-order valence-corrected chi connectivity index (χ1v) is 5.44. The highest BCUT2D eigenvalue weighted by molar-refractivity contribution is 5.39. The Balaban J connectivity index is 3.16. The van der Waals surface area contributed by atoms with Crippen LogP contribution >= 0.6 is 0 Å². The molecule has 0 N–H and O–H groups in total. The smallest absolute Gasteiger partial charge is 0.126 e. The van der Waals surface area contributed by atoms with Crippen LogP contribution in [0.2, 0.25) is 0 Å². The molecule has 1 rings (SSSR count). The molecule has 0 unspecified atom stereocenters. The topological polar surface area (TPSA) is 9.23 Å². The van der Waals surface area contributed by atoms with Crippen LogP contribution in [0.3, 0.4) is 0 Å². The van der Waals surface area contributed by atoms with Gasteiger partial charge < -0.3 is 4.74 Å². The first-order chi connectivity index (χ1) is 7.01. The van der Waals surface area contributed by atoms with Gasteiger partial charge >= 0.3 is 0 Å². The van der Waals surface area contributed by atoms with Crippen molar-refractivity contribution in [3.8, 4) is 5.75 Å². The van der Waals surface area contributed by atoms with Crippen molar-refractivity contribution in [3.63, 3.8) is 0 Å². The summed E-state index contributed by atoms with van der Waals surface area (Å²) in [5.74, 6) is 0.429. The Labute approximate surface area is 91.3 Å². The molecule has 0 heterocycles. The van der Waals surface area contributed by atoms with Gasteiger partial charge in [0.05, 0.1) is 6.61 Å². The van der Waals surface area contributed by atoms with Gasteiger partial charge in [-0.15, -0.1) is 0 Å². The maximum Gasteiger partial charge on any atom is 0.126 e. The molecule has 0 fully saturated rings. The van der Waals surface area contributed by atoms with Gasteiger partial charge in [-0.3, -0.25) is 0 Å². The fourth-order valence-corrected chi connectivity index (χ4v) is 1.52. The average Bonchev–Trinajstić information content (AvgIpc) is 2.18. The molecule has 0 aliphatic heterocycles. The van der Waals surface area contributed by atoms with E-state index in [1.165, 1.54) is 12.1 Å². The van der Waals surface area contributed by atoms with Gasteiger partial charge in [0, 0.05) is 6.07 Å². The molecule has 0 saturated heterocycles. The summed E-state index contributed by atoms with van der Waals surface area (Å²) in [5, 5.41) is 0. The molecule has 0 amide bonds. The molecule has 0 bridgehead atoms. The van der Waals surface area contributed by atoms with Crippen LogP contribution in [0.25, 0.3) is 0 Å². The van der Waals surface area contributed by atoms with Gasteiger partial charge in [0.1, 0.15) is 11.6 Å². The Bertz CT molecular complexity index is 331. The van der Waals surface area contributed by atoms with E-state index in [9.17, 15) is 4.39 Å². The number of benzene rings is 1. The number of rotatable bonds is 4. The summed E-state index contributed by atoms with van der Waals surface area (Å²) in [6.45, 7) is 8.88. The third-order valence-electron chi connectivity index (χ3n) is 2.86. The van der Waals surface area contributed by atoms with E-state index in [0.29, 0.717) is 12.4 Å². The van der Waals surface area contributed by atoms with Crippen LogP contribution in [0.1, 0.15) is 39.7 Å². The van der Waals surface area contributed by atoms with E-state index in [1.807, 2.05) is 13.0 Å². The molecule has 1 aromatic carbocycles. The second kappa shape index (κ2) is 4.65. The zero-order valence-electron chi connectivity index (χ0n) is 9.93. The molecule has 0 spiro atoms. The molecule has 0 radical (unpaired) electrons. The maximum absolute atomic E-state index is 13.1. The summed E-state index contributed by atoms with van der Waals surface area (Å²) in [5.41, 5.74) is 1.10. The molecule has 15 heavy (non-hydrogen) atoms. The molecule has 0 saturated carbocycles. The van der Waals surface area contributed by atoms with Crippen LogP contribution in [0.4, 0.5) is 4.39 Å². The zero-order chi connectivity index (χ0) is 11.5. The lowest BCUT2D eigenvalue weighted by Crippen LogP contribution is -2.17. The number of hydrogen-bond donors (Lipinski definition) is 0. The molecule has 84 valence electrons. The van der Waals surface area contributed by atoms with Crippen LogP contribution < -0.4 is 4.74 Å². The molecular formula is C13H19FO. The van der Waals surface area contributed by atoms with Crippen LogP contribution in [0.5, 0.6) is 5.75 Å². The first-order valence-electron chi connectivity index (χ1n) is 5.44. The van der Waals surface area contributed by atoms with Gasteiger partial charge in [-0.1, -0.05) is 26.8 Å².